The summed E-state index contributed by atoms with van der Waals surface area (Å²) >= 11 is 16.5. The van der Waals surface area contributed by atoms with Gasteiger partial charge >= 0.3 is 39.6 Å². The Morgan fingerprint density at radius 2 is 1.31 bits per heavy atom. The first-order valence-electron chi connectivity index (χ1n) is 4.25. The van der Waals surface area contributed by atoms with Gasteiger partial charge in [0.05, 0.1) is 0 Å². The monoisotopic (exact) mass is 260 g/mol. The second-order valence-electron chi connectivity index (χ2n) is 3.11. The Balaban J connectivity index is 0. The summed E-state index contributed by atoms with van der Waals surface area (Å²) in [6.07, 6.45) is 0. The number of hydrogen-bond donors (Lipinski definition) is 0. The van der Waals surface area contributed by atoms with Gasteiger partial charge in [0, 0.05) is 0 Å². The molecule has 0 radical (unpaired) electrons. The maximum atomic E-state index is 10.7. The van der Waals surface area contributed by atoms with Gasteiger partial charge in [0.2, 0.25) is 0 Å². The number of alkyl halides is 3. The van der Waals surface area contributed by atoms with Gasteiger partial charge in [-0.15, -0.1) is 0 Å². The molecule has 0 fully saturated rings. The SMILES string of the molecule is CC(C)([O-])C(Cl)(Cl)Cl.C[CH2][Al+][CH2]C. The summed E-state index contributed by atoms with van der Waals surface area (Å²) in [6, 6.07) is 0. The van der Waals surface area contributed by atoms with Crippen molar-refractivity contribution in [1.29, 1.82) is 0 Å². The van der Waals surface area contributed by atoms with Crippen molar-refractivity contribution < 1.29 is 5.11 Å². The Kier molecular flexibility index (Phi) is 9.85. The Morgan fingerprint density at radius 1 is 1.08 bits per heavy atom. The Bertz CT molecular complexity index is 104. The van der Waals surface area contributed by atoms with Crippen LogP contribution in [0.15, 0.2) is 0 Å². The summed E-state index contributed by atoms with van der Waals surface area (Å²) in [7, 11) is 0. The number of hydrogen-bond acceptors (Lipinski definition) is 1. The fourth-order valence-electron chi connectivity index (χ4n) is 0.289. The molecule has 5 heteroatoms. The Morgan fingerprint density at radius 3 is 1.31 bits per heavy atom. The van der Waals surface area contributed by atoms with Crippen LogP contribution in [0.5, 0.6) is 0 Å². The molecule has 0 N–H and O–H groups in total. The van der Waals surface area contributed by atoms with E-state index in [4.69, 9.17) is 34.8 Å². The fraction of sp³-hybridized carbons (Fsp3) is 1.00. The first-order chi connectivity index (χ1) is 5.66. The van der Waals surface area contributed by atoms with Gasteiger partial charge in [-0.3, -0.25) is 0 Å². The third kappa shape index (κ3) is 11.3. The van der Waals surface area contributed by atoms with E-state index in [1.165, 1.54) is 24.4 Å². The van der Waals surface area contributed by atoms with E-state index in [0.29, 0.717) is 0 Å². The number of rotatable bonds is 2. The van der Waals surface area contributed by atoms with Crippen LogP contribution in [0.3, 0.4) is 0 Å². The third-order valence-electron chi connectivity index (χ3n) is 1.26. The van der Waals surface area contributed by atoms with E-state index >= 15 is 0 Å². The third-order valence-corrected chi connectivity index (χ3v) is 3.78. The van der Waals surface area contributed by atoms with Gasteiger partial charge in [-0.25, -0.2) is 0 Å². The molecule has 78 valence electrons. The van der Waals surface area contributed by atoms with Crippen molar-refractivity contribution in [2.75, 3.05) is 0 Å². The van der Waals surface area contributed by atoms with Gasteiger partial charge in [0.25, 0.3) is 0 Å². The van der Waals surface area contributed by atoms with Gasteiger partial charge in [-0.1, -0.05) is 54.3 Å². The van der Waals surface area contributed by atoms with E-state index in [0.717, 1.165) is 15.2 Å². The minimum absolute atomic E-state index is 0.815. The molecule has 0 heterocycles. The van der Waals surface area contributed by atoms with Crippen LogP contribution in [0.25, 0.3) is 0 Å². The molecule has 0 aliphatic rings. The van der Waals surface area contributed by atoms with Crippen molar-refractivity contribution in [1.82, 2.24) is 0 Å². The predicted octanol–water partition coefficient (Wildman–Crippen LogP) is 3.06. The van der Waals surface area contributed by atoms with Crippen molar-refractivity contribution in [2.24, 2.45) is 0 Å². The molecule has 0 aliphatic carbocycles. The molecule has 0 spiro atoms. The van der Waals surface area contributed by atoms with Crippen LogP contribution < -0.4 is 5.11 Å². The summed E-state index contributed by atoms with van der Waals surface area (Å²) in [6.45, 7) is 7.14. The molecule has 0 saturated heterocycles. The zero-order valence-corrected chi connectivity index (χ0v) is 12.0. The molecule has 0 aliphatic heterocycles. The Hall–Kier alpha value is 1.36. The molecule has 0 unspecified atom stereocenters. The van der Waals surface area contributed by atoms with Crippen LogP contribution in [0.4, 0.5) is 0 Å². The van der Waals surface area contributed by atoms with Crippen molar-refractivity contribution in [3.05, 3.63) is 0 Å². The minimum atomic E-state index is -1.70. The molecule has 0 rings (SSSR count). The van der Waals surface area contributed by atoms with Crippen LogP contribution >= 0.6 is 34.8 Å². The normalized spacial score (nSPS) is 11.4. The molecule has 13 heavy (non-hydrogen) atoms. The summed E-state index contributed by atoms with van der Waals surface area (Å²) in [4.78, 5) is 0. The van der Waals surface area contributed by atoms with Crippen molar-refractivity contribution in [2.45, 2.75) is 47.7 Å². The van der Waals surface area contributed by atoms with E-state index in [1.807, 2.05) is 0 Å². The molecule has 0 aromatic heterocycles. The molecular formula is C8H16AlCl3O. The average molecular weight is 262 g/mol. The standard InChI is InChI=1S/C4H6Cl3O.2C2H5.Al/c1-3(2,8)4(5,6)7;2*1-2;/h1-2H3;2*1H2,2H3;/q-1;;;+1. The van der Waals surface area contributed by atoms with Crippen LogP contribution in [0, 0.1) is 0 Å². The van der Waals surface area contributed by atoms with Crippen LogP contribution in [0.1, 0.15) is 27.7 Å². The molecule has 1 nitrogen and oxygen atoms in total. The first-order valence-corrected chi connectivity index (χ1v) is 7.02. The van der Waals surface area contributed by atoms with Crippen molar-refractivity contribution in [3.63, 3.8) is 0 Å². The summed E-state index contributed by atoms with van der Waals surface area (Å²) in [5.74, 6) is 0. The van der Waals surface area contributed by atoms with Gasteiger partial charge < -0.3 is 5.11 Å². The van der Waals surface area contributed by atoms with Gasteiger partial charge in [0.15, 0.2) is 3.79 Å². The fourth-order valence-corrected chi connectivity index (χ4v) is 0.866. The van der Waals surface area contributed by atoms with Crippen LogP contribution in [-0.2, 0) is 0 Å². The van der Waals surface area contributed by atoms with Gasteiger partial charge in [0.1, 0.15) is 0 Å². The van der Waals surface area contributed by atoms with Crippen molar-refractivity contribution in [3.8, 4) is 0 Å². The average Bonchev–Trinajstić information content (AvgIpc) is 1.85. The van der Waals surface area contributed by atoms with Crippen molar-refractivity contribution >= 4 is 50.0 Å². The van der Waals surface area contributed by atoms with E-state index in [-0.39, 0.29) is 0 Å². The summed E-state index contributed by atoms with van der Waals surface area (Å²) in [5.41, 5.74) is -1.52. The van der Waals surface area contributed by atoms with Gasteiger partial charge in [-0.2, -0.15) is 0 Å². The molecule has 0 aromatic carbocycles. The molecule has 0 aromatic rings. The molecular weight excluding hydrogens is 245 g/mol. The summed E-state index contributed by atoms with van der Waals surface area (Å²) < 4.78 is -1.70. The zero-order valence-electron chi connectivity index (χ0n) is 8.53. The predicted molar refractivity (Wildman–Crippen MR) is 61.1 cm³/mol. The topological polar surface area (TPSA) is 23.1 Å². The van der Waals surface area contributed by atoms with E-state index in [2.05, 4.69) is 13.8 Å². The second-order valence-corrected chi connectivity index (χ2v) is 7.60. The van der Waals surface area contributed by atoms with Gasteiger partial charge in [-0.05, 0) is 0 Å². The summed E-state index contributed by atoms with van der Waals surface area (Å²) in [5, 5.41) is 13.6. The molecule has 0 amide bonds. The second kappa shape index (κ2) is 7.63. The number of halogens is 3. The molecule has 0 saturated carbocycles. The van der Waals surface area contributed by atoms with Crippen LogP contribution in [0.2, 0.25) is 10.6 Å². The van der Waals surface area contributed by atoms with E-state index in [9.17, 15) is 5.11 Å². The van der Waals surface area contributed by atoms with E-state index < -0.39 is 9.39 Å². The van der Waals surface area contributed by atoms with Crippen LogP contribution in [-0.4, -0.2) is 24.6 Å². The molecule has 0 atom stereocenters. The zero-order chi connectivity index (χ0) is 11.1. The maximum absolute atomic E-state index is 10.7. The molecule has 0 bridgehead atoms. The first kappa shape index (κ1) is 16.8. The van der Waals surface area contributed by atoms with E-state index in [1.54, 1.807) is 0 Å². The Labute approximate surface area is 102 Å². The quantitative estimate of drug-likeness (QED) is 0.553.